The van der Waals surface area contributed by atoms with Gasteiger partial charge in [-0.2, -0.15) is 6.20 Å². The van der Waals surface area contributed by atoms with Gasteiger partial charge in [0.25, 0.3) is 0 Å². The summed E-state index contributed by atoms with van der Waals surface area (Å²) < 4.78 is 0. The number of hydrogen-bond acceptors (Lipinski definition) is 0. The Labute approximate surface area is 109 Å². The van der Waals surface area contributed by atoms with E-state index in [-0.39, 0.29) is 20.4 Å². The Balaban J connectivity index is -0.000000258. The maximum atomic E-state index is 4.07. The molecule has 15 heavy (non-hydrogen) atoms. The number of aryl methyl sites for hydroxylation is 1. The molecule has 1 nitrogen and oxygen atoms in total. The van der Waals surface area contributed by atoms with E-state index >= 15 is 0 Å². The molecule has 0 bridgehead atoms. The minimum absolute atomic E-state index is 0. The van der Waals surface area contributed by atoms with Crippen molar-refractivity contribution in [2.45, 2.75) is 34.6 Å². The first-order chi connectivity index (χ1) is 6.84. The molecule has 0 N–H and O–H groups in total. The molecule has 0 saturated heterocycles. The fourth-order valence-corrected chi connectivity index (χ4v) is 0.807. The molecule has 0 aromatic heterocycles. The predicted octanol–water partition coefficient (Wildman–Crippen LogP) is 5.19. The van der Waals surface area contributed by atoms with Crippen LogP contribution in [0, 0.1) is 6.92 Å². The van der Waals surface area contributed by atoms with E-state index in [4.69, 9.17) is 0 Å². The molecule has 1 aromatic rings. The molecular formula is C13H22NRe-. The average molecular weight is 379 g/mol. The van der Waals surface area contributed by atoms with Crippen molar-refractivity contribution in [3.05, 3.63) is 47.9 Å². The van der Waals surface area contributed by atoms with Gasteiger partial charge in [0.05, 0.1) is 0 Å². The van der Waals surface area contributed by atoms with Crippen molar-refractivity contribution in [2.24, 2.45) is 0 Å². The molecule has 1 radical (unpaired) electrons. The van der Waals surface area contributed by atoms with Gasteiger partial charge in [0.15, 0.2) is 0 Å². The van der Waals surface area contributed by atoms with Gasteiger partial charge >= 0.3 is 0 Å². The third-order valence-corrected chi connectivity index (χ3v) is 1.35. The molecule has 0 amide bonds. The number of benzene rings is 1. The van der Waals surface area contributed by atoms with Crippen molar-refractivity contribution in [3.63, 3.8) is 0 Å². The molecule has 1 aromatic carbocycles. The fourth-order valence-electron chi connectivity index (χ4n) is 0.807. The number of nitrogens with zero attached hydrogens (tertiary/aromatic N) is 1. The largest absolute Gasteiger partial charge is 0.664 e. The van der Waals surface area contributed by atoms with Crippen molar-refractivity contribution in [1.82, 2.24) is 0 Å². The molecule has 0 aliphatic rings. The van der Waals surface area contributed by atoms with Crippen LogP contribution < -0.4 is 0 Å². The Morgan fingerprint density at radius 2 is 1.53 bits per heavy atom. The van der Waals surface area contributed by atoms with Crippen LogP contribution in [0.2, 0.25) is 0 Å². The van der Waals surface area contributed by atoms with Crippen molar-refractivity contribution in [2.75, 3.05) is 0 Å². The van der Waals surface area contributed by atoms with Crippen LogP contribution in [0.1, 0.15) is 33.3 Å². The summed E-state index contributed by atoms with van der Waals surface area (Å²) >= 11 is 0. The van der Waals surface area contributed by atoms with Crippen LogP contribution >= 0.6 is 0 Å². The Hall–Kier alpha value is -0.578. The Kier molecular flexibility index (Phi) is 21.1. The van der Waals surface area contributed by atoms with Gasteiger partial charge in [-0.05, 0) is 6.92 Å². The van der Waals surface area contributed by atoms with Crippen LogP contribution in [0.5, 0.6) is 0 Å². The SMILES string of the molecule is C=C[N-]c1ccccc1C.CC.CC.[Re]. The van der Waals surface area contributed by atoms with Crippen LogP contribution in [0.15, 0.2) is 37.0 Å². The third kappa shape index (κ3) is 9.72. The first-order valence-corrected chi connectivity index (χ1v) is 5.22. The summed E-state index contributed by atoms with van der Waals surface area (Å²) in [5.74, 6) is 0. The van der Waals surface area contributed by atoms with Gasteiger partial charge in [0.1, 0.15) is 0 Å². The van der Waals surface area contributed by atoms with Gasteiger partial charge in [-0.15, -0.1) is 12.3 Å². The third-order valence-electron chi connectivity index (χ3n) is 1.35. The maximum absolute atomic E-state index is 4.07. The predicted molar refractivity (Wildman–Crippen MR) is 67.1 cm³/mol. The summed E-state index contributed by atoms with van der Waals surface area (Å²) in [7, 11) is 0. The normalized spacial score (nSPS) is 6.73. The second kappa shape index (κ2) is 15.9. The molecule has 87 valence electrons. The molecule has 0 saturated carbocycles. The molecule has 2 heteroatoms. The maximum Gasteiger partial charge on any atom is 0 e. The molecule has 0 fully saturated rings. The van der Waals surface area contributed by atoms with E-state index in [1.165, 1.54) is 5.56 Å². The zero-order valence-corrected chi connectivity index (χ0v) is 13.1. The van der Waals surface area contributed by atoms with Crippen molar-refractivity contribution in [3.8, 4) is 0 Å². The van der Waals surface area contributed by atoms with Gasteiger partial charge in [-0.1, -0.05) is 57.5 Å². The van der Waals surface area contributed by atoms with E-state index in [1.807, 2.05) is 58.9 Å². The number of para-hydroxylation sites is 1. The Bertz CT molecular complexity index is 234. The Morgan fingerprint density at radius 3 is 1.93 bits per heavy atom. The van der Waals surface area contributed by atoms with E-state index in [0.29, 0.717) is 0 Å². The van der Waals surface area contributed by atoms with Crippen molar-refractivity contribution in [1.29, 1.82) is 0 Å². The second-order valence-electron chi connectivity index (χ2n) is 2.10. The summed E-state index contributed by atoms with van der Waals surface area (Å²) in [5.41, 5.74) is 2.18. The summed E-state index contributed by atoms with van der Waals surface area (Å²) in [6.45, 7) is 13.6. The van der Waals surface area contributed by atoms with E-state index in [2.05, 4.69) is 11.9 Å². The van der Waals surface area contributed by atoms with Gasteiger partial charge in [0, 0.05) is 20.4 Å². The van der Waals surface area contributed by atoms with E-state index in [1.54, 1.807) is 6.20 Å². The van der Waals surface area contributed by atoms with Crippen molar-refractivity contribution >= 4 is 5.69 Å². The molecule has 0 spiro atoms. The van der Waals surface area contributed by atoms with Gasteiger partial charge < -0.3 is 5.32 Å². The second-order valence-corrected chi connectivity index (χ2v) is 2.10. The molecule has 0 unspecified atom stereocenters. The zero-order chi connectivity index (χ0) is 11.4. The number of hydrogen-bond donors (Lipinski definition) is 0. The summed E-state index contributed by atoms with van der Waals surface area (Å²) in [6.07, 6.45) is 1.56. The molecule has 1 rings (SSSR count). The topological polar surface area (TPSA) is 14.1 Å². The first kappa shape index (κ1) is 19.9. The molecule has 0 atom stereocenters. The van der Waals surface area contributed by atoms with Crippen LogP contribution in [0.4, 0.5) is 5.69 Å². The molecular weight excluding hydrogens is 356 g/mol. The van der Waals surface area contributed by atoms with Crippen LogP contribution in [0.3, 0.4) is 0 Å². The first-order valence-electron chi connectivity index (χ1n) is 5.22. The van der Waals surface area contributed by atoms with Gasteiger partial charge in [0.2, 0.25) is 0 Å². The Morgan fingerprint density at radius 1 is 1.07 bits per heavy atom. The van der Waals surface area contributed by atoms with E-state index < -0.39 is 0 Å². The smallest absolute Gasteiger partial charge is 0 e. The standard InChI is InChI=1S/C9H10N.2C2H6.Re/c1-3-10-9-7-5-4-6-8(9)2;2*1-2;/h3-7H,1H2,2H3;2*1-2H3;/q-1;;;. The van der Waals surface area contributed by atoms with E-state index in [0.717, 1.165) is 5.69 Å². The average Bonchev–Trinajstić information content (AvgIpc) is 2.28. The summed E-state index contributed by atoms with van der Waals surface area (Å²) in [5, 5.41) is 4.07. The van der Waals surface area contributed by atoms with Gasteiger partial charge in [-0.3, -0.25) is 0 Å². The van der Waals surface area contributed by atoms with Crippen molar-refractivity contribution < 1.29 is 20.4 Å². The minimum Gasteiger partial charge on any atom is -0.664 e. The molecule has 0 aliphatic carbocycles. The summed E-state index contributed by atoms with van der Waals surface area (Å²) in [6, 6.07) is 7.96. The molecule has 0 aliphatic heterocycles. The van der Waals surface area contributed by atoms with Crippen LogP contribution in [-0.4, -0.2) is 0 Å². The number of rotatable bonds is 2. The minimum atomic E-state index is 0. The van der Waals surface area contributed by atoms with Crippen LogP contribution in [-0.2, 0) is 20.4 Å². The van der Waals surface area contributed by atoms with E-state index in [9.17, 15) is 0 Å². The molecule has 0 heterocycles. The monoisotopic (exact) mass is 379 g/mol. The van der Waals surface area contributed by atoms with Crippen LogP contribution in [0.25, 0.3) is 5.32 Å². The summed E-state index contributed by atoms with van der Waals surface area (Å²) in [4.78, 5) is 0. The fraction of sp³-hybridized carbons (Fsp3) is 0.385. The van der Waals surface area contributed by atoms with Gasteiger partial charge in [-0.25, -0.2) is 0 Å². The zero-order valence-electron chi connectivity index (χ0n) is 10.4. The quantitative estimate of drug-likeness (QED) is 0.672.